The maximum atomic E-state index is 5.84. The summed E-state index contributed by atoms with van der Waals surface area (Å²) >= 11 is 3.30. The molecule has 0 unspecified atom stereocenters. The molecule has 2 heterocycles. The first-order valence-electron chi connectivity index (χ1n) is 7.73. The van der Waals surface area contributed by atoms with E-state index in [0.29, 0.717) is 11.8 Å². The summed E-state index contributed by atoms with van der Waals surface area (Å²) in [5.74, 6) is 1.90. The van der Waals surface area contributed by atoms with Crippen molar-refractivity contribution in [1.29, 1.82) is 0 Å². The Bertz CT molecular complexity index is 962. The highest BCUT2D eigenvalue weighted by Crippen LogP contribution is 2.38. The molecule has 0 saturated carbocycles. The number of nitrogens with zero attached hydrogens (tertiary/aromatic N) is 3. The molecule has 0 saturated heterocycles. The number of ether oxygens (including phenoxy) is 1. The van der Waals surface area contributed by atoms with Gasteiger partial charge in [-0.25, -0.2) is 4.98 Å². The van der Waals surface area contributed by atoms with Crippen LogP contribution < -0.4 is 4.74 Å². The first kappa shape index (κ1) is 16.1. The van der Waals surface area contributed by atoms with E-state index in [4.69, 9.17) is 9.15 Å². The summed E-state index contributed by atoms with van der Waals surface area (Å²) in [4.78, 5) is 4.64. The summed E-state index contributed by atoms with van der Waals surface area (Å²) in [5.41, 5.74) is 1.89. The molecule has 4 rings (SSSR count). The quantitative estimate of drug-likeness (QED) is 0.450. The number of hydrogen-bond acceptors (Lipinski definition) is 7. The fourth-order valence-electron chi connectivity index (χ4n) is 2.35. The van der Waals surface area contributed by atoms with E-state index < -0.39 is 0 Å². The lowest BCUT2D eigenvalue weighted by atomic mass is 10.2. The second-order valence-electron chi connectivity index (χ2n) is 5.38. The van der Waals surface area contributed by atoms with E-state index in [9.17, 15) is 0 Å². The van der Waals surface area contributed by atoms with Gasteiger partial charge in [0.2, 0.25) is 11.8 Å². The van der Waals surface area contributed by atoms with Crippen molar-refractivity contribution in [3.05, 3.63) is 54.4 Å². The number of aromatic nitrogens is 3. The highest BCUT2D eigenvalue weighted by molar-refractivity contribution is 8.01. The fraction of sp³-hybridized carbons (Fsp3) is 0.167. The molecule has 0 spiro atoms. The van der Waals surface area contributed by atoms with Crippen LogP contribution in [0.25, 0.3) is 21.7 Å². The average molecular weight is 369 g/mol. The maximum Gasteiger partial charge on any atom is 0.247 e. The van der Waals surface area contributed by atoms with Gasteiger partial charge in [-0.2, -0.15) is 0 Å². The molecule has 0 aliphatic heterocycles. The Kier molecular flexibility index (Phi) is 4.42. The summed E-state index contributed by atoms with van der Waals surface area (Å²) in [5, 5.41) is 8.38. The number of fused-ring (bicyclic) bond motifs is 1. The Morgan fingerprint density at radius 1 is 1.08 bits per heavy atom. The van der Waals surface area contributed by atoms with Crippen LogP contribution in [-0.4, -0.2) is 22.3 Å². The second-order valence-corrected chi connectivity index (χ2v) is 8.00. The lowest BCUT2D eigenvalue weighted by molar-refractivity contribution is 0.415. The van der Waals surface area contributed by atoms with Gasteiger partial charge in [0.05, 0.1) is 22.6 Å². The van der Waals surface area contributed by atoms with Crippen LogP contribution in [0.1, 0.15) is 18.1 Å². The monoisotopic (exact) mass is 369 g/mol. The molecule has 2 aromatic carbocycles. The summed E-state index contributed by atoms with van der Waals surface area (Å²) in [7, 11) is 1.64. The molecule has 0 amide bonds. The van der Waals surface area contributed by atoms with Crippen LogP contribution in [0.5, 0.6) is 5.75 Å². The third-order valence-corrected chi connectivity index (χ3v) is 5.90. The van der Waals surface area contributed by atoms with Crippen LogP contribution in [-0.2, 0) is 0 Å². The first-order valence-corrected chi connectivity index (χ1v) is 9.42. The Balaban J connectivity index is 1.52. The number of thiazole rings is 1. The van der Waals surface area contributed by atoms with Crippen molar-refractivity contribution in [3.8, 4) is 17.2 Å². The van der Waals surface area contributed by atoms with Gasteiger partial charge in [0.25, 0.3) is 0 Å². The number of benzene rings is 2. The molecular formula is C18H15N3O2S2. The summed E-state index contributed by atoms with van der Waals surface area (Å²) in [6, 6.07) is 15.7. The van der Waals surface area contributed by atoms with Crippen molar-refractivity contribution in [3.63, 3.8) is 0 Å². The van der Waals surface area contributed by atoms with Crippen LogP contribution in [0.3, 0.4) is 0 Å². The van der Waals surface area contributed by atoms with Gasteiger partial charge in [-0.05, 0) is 43.3 Å². The predicted molar refractivity (Wildman–Crippen MR) is 100 cm³/mol. The van der Waals surface area contributed by atoms with Crippen molar-refractivity contribution in [2.45, 2.75) is 16.5 Å². The van der Waals surface area contributed by atoms with Crippen molar-refractivity contribution in [1.82, 2.24) is 15.2 Å². The number of hydrogen-bond donors (Lipinski definition) is 0. The van der Waals surface area contributed by atoms with Gasteiger partial charge in [0.1, 0.15) is 5.75 Å². The van der Waals surface area contributed by atoms with Crippen molar-refractivity contribution in [2.24, 2.45) is 0 Å². The number of rotatable bonds is 5. The summed E-state index contributed by atoms with van der Waals surface area (Å²) < 4.78 is 13.2. The SMILES string of the molecule is COc1ccc(-c2nnc([C@@H](C)Sc3nc4ccccc4s3)o2)cc1. The Morgan fingerprint density at radius 2 is 1.88 bits per heavy atom. The van der Waals surface area contributed by atoms with E-state index in [-0.39, 0.29) is 5.25 Å². The molecular weight excluding hydrogens is 354 g/mol. The van der Waals surface area contributed by atoms with Crippen LogP contribution in [0.2, 0.25) is 0 Å². The van der Waals surface area contributed by atoms with Crippen molar-refractivity contribution < 1.29 is 9.15 Å². The van der Waals surface area contributed by atoms with Crippen LogP contribution in [0, 0.1) is 0 Å². The summed E-state index contributed by atoms with van der Waals surface area (Å²) in [6.45, 7) is 2.04. The summed E-state index contributed by atoms with van der Waals surface area (Å²) in [6.07, 6.45) is 0. The van der Waals surface area contributed by atoms with E-state index in [1.807, 2.05) is 49.4 Å². The van der Waals surface area contributed by atoms with Gasteiger partial charge >= 0.3 is 0 Å². The van der Waals surface area contributed by atoms with Gasteiger partial charge in [-0.3, -0.25) is 0 Å². The smallest absolute Gasteiger partial charge is 0.247 e. The minimum atomic E-state index is 0.0278. The molecule has 0 N–H and O–H groups in total. The molecule has 126 valence electrons. The molecule has 1 atom stereocenters. The average Bonchev–Trinajstić information content (AvgIpc) is 3.28. The van der Waals surface area contributed by atoms with Crippen LogP contribution in [0.15, 0.2) is 57.3 Å². The molecule has 4 aromatic rings. The van der Waals surface area contributed by atoms with Crippen LogP contribution >= 0.6 is 23.1 Å². The van der Waals surface area contributed by atoms with Gasteiger partial charge in [0.15, 0.2) is 4.34 Å². The number of para-hydroxylation sites is 1. The lowest BCUT2D eigenvalue weighted by Gasteiger charge is -2.03. The molecule has 0 radical (unpaired) electrons. The third-order valence-electron chi connectivity index (χ3n) is 3.68. The normalized spacial score (nSPS) is 12.4. The van der Waals surface area contributed by atoms with Crippen molar-refractivity contribution in [2.75, 3.05) is 7.11 Å². The van der Waals surface area contributed by atoms with Crippen LogP contribution in [0.4, 0.5) is 0 Å². The molecule has 0 aliphatic rings. The third kappa shape index (κ3) is 3.38. The van der Waals surface area contributed by atoms with E-state index >= 15 is 0 Å². The zero-order chi connectivity index (χ0) is 17.2. The van der Waals surface area contributed by atoms with E-state index in [2.05, 4.69) is 21.2 Å². The Hall–Kier alpha value is -2.38. The number of methoxy groups -OCH3 is 1. The van der Waals surface area contributed by atoms with E-state index in [1.165, 1.54) is 4.70 Å². The van der Waals surface area contributed by atoms with Gasteiger partial charge in [-0.15, -0.1) is 21.5 Å². The Labute approximate surface area is 153 Å². The second kappa shape index (κ2) is 6.85. The molecule has 0 fully saturated rings. The van der Waals surface area contributed by atoms with Gasteiger partial charge in [-0.1, -0.05) is 23.9 Å². The first-order chi connectivity index (χ1) is 12.2. The number of thioether (sulfide) groups is 1. The molecule has 0 bridgehead atoms. The zero-order valence-electron chi connectivity index (χ0n) is 13.7. The molecule has 5 nitrogen and oxygen atoms in total. The molecule has 25 heavy (non-hydrogen) atoms. The van der Waals surface area contributed by atoms with E-state index in [1.54, 1.807) is 30.2 Å². The zero-order valence-corrected chi connectivity index (χ0v) is 15.3. The topological polar surface area (TPSA) is 61.0 Å². The standard InChI is InChI=1S/C18H15N3O2S2/c1-11(24-18-19-14-5-3-4-6-15(14)25-18)16-20-21-17(23-16)12-7-9-13(22-2)10-8-12/h3-11H,1-2H3/t11-/m1/s1. The lowest BCUT2D eigenvalue weighted by Crippen LogP contribution is -1.88. The van der Waals surface area contributed by atoms with E-state index in [0.717, 1.165) is 21.2 Å². The molecule has 7 heteroatoms. The minimum absolute atomic E-state index is 0.0278. The largest absolute Gasteiger partial charge is 0.497 e. The molecule has 2 aromatic heterocycles. The highest BCUT2D eigenvalue weighted by atomic mass is 32.2. The van der Waals surface area contributed by atoms with Crippen molar-refractivity contribution >= 4 is 33.3 Å². The maximum absolute atomic E-state index is 5.84. The minimum Gasteiger partial charge on any atom is -0.497 e. The molecule has 0 aliphatic carbocycles. The Morgan fingerprint density at radius 3 is 2.64 bits per heavy atom. The van der Waals surface area contributed by atoms with Gasteiger partial charge in [0, 0.05) is 5.56 Å². The highest BCUT2D eigenvalue weighted by Gasteiger charge is 2.18. The fourth-order valence-corrected chi connectivity index (χ4v) is 4.59. The predicted octanol–water partition coefficient (Wildman–Crippen LogP) is 5.21. The van der Waals surface area contributed by atoms with Gasteiger partial charge < -0.3 is 9.15 Å².